The first-order chi connectivity index (χ1) is 13.6. The van der Waals surface area contributed by atoms with Gasteiger partial charge < -0.3 is 4.57 Å². The van der Waals surface area contributed by atoms with Gasteiger partial charge in [-0.15, -0.1) is 0 Å². The molecule has 8 heteroatoms. The molecule has 0 spiro atoms. The maximum Gasteiger partial charge on any atom is 0.267 e. The third-order valence-electron chi connectivity index (χ3n) is 5.67. The smallest absolute Gasteiger partial charge is 0.267 e. The molecule has 0 aromatic carbocycles. The van der Waals surface area contributed by atoms with E-state index < -0.39 is 0 Å². The number of aromatic nitrogens is 3. The van der Waals surface area contributed by atoms with Crippen molar-refractivity contribution in [2.45, 2.75) is 25.3 Å². The van der Waals surface area contributed by atoms with E-state index in [9.17, 15) is 9.59 Å². The van der Waals surface area contributed by atoms with Gasteiger partial charge in [-0.05, 0) is 17.4 Å². The Bertz CT molecular complexity index is 946. The molecule has 0 saturated carbocycles. The van der Waals surface area contributed by atoms with Crippen LogP contribution in [-0.2, 0) is 32.3 Å². The van der Waals surface area contributed by atoms with Gasteiger partial charge in [0.2, 0.25) is 5.56 Å². The van der Waals surface area contributed by atoms with Crippen molar-refractivity contribution in [3.8, 4) is 0 Å². The summed E-state index contributed by atoms with van der Waals surface area (Å²) >= 11 is 1.87. The van der Waals surface area contributed by atoms with Crippen LogP contribution in [0.25, 0.3) is 0 Å². The number of nitrogens with zero attached hydrogens (tertiary/aromatic N) is 5. The van der Waals surface area contributed by atoms with Crippen LogP contribution in [0.2, 0.25) is 0 Å². The summed E-state index contributed by atoms with van der Waals surface area (Å²) in [5, 5.41) is 4.61. The van der Waals surface area contributed by atoms with Crippen molar-refractivity contribution in [2.75, 3.05) is 38.5 Å². The average molecular weight is 402 g/mol. The molecule has 4 heterocycles. The number of hydrogen-bond acceptors (Lipinski definition) is 6. The molecule has 0 unspecified atom stereocenters. The third kappa shape index (κ3) is 4.39. The Labute approximate surface area is 169 Å². The van der Waals surface area contributed by atoms with Crippen molar-refractivity contribution in [1.82, 2.24) is 24.1 Å². The molecule has 0 bridgehead atoms. The normalized spacial score (nSPS) is 18.2. The SMILES string of the molecule is Cn1c(CN2CCN(CCn3nc4c(cc3=O)CSCC4)CC2)cccc1=O. The van der Waals surface area contributed by atoms with Gasteiger partial charge in [-0.2, -0.15) is 16.9 Å². The highest BCUT2D eigenvalue weighted by Crippen LogP contribution is 2.21. The molecule has 2 aromatic rings. The summed E-state index contributed by atoms with van der Waals surface area (Å²) in [7, 11) is 1.83. The second kappa shape index (κ2) is 8.63. The molecule has 28 heavy (non-hydrogen) atoms. The summed E-state index contributed by atoms with van der Waals surface area (Å²) in [5.41, 5.74) is 3.31. The van der Waals surface area contributed by atoms with Gasteiger partial charge in [0.1, 0.15) is 0 Å². The van der Waals surface area contributed by atoms with Crippen LogP contribution < -0.4 is 11.1 Å². The highest BCUT2D eigenvalue weighted by molar-refractivity contribution is 7.98. The fraction of sp³-hybridized carbons (Fsp3) is 0.550. The Hall–Kier alpha value is -1.90. The van der Waals surface area contributed by atoms with Crippen LogP contribution in [0.3, 0.4) is 0 Å². The van der Waals surface area contributed by atoms with Crippen LogP contribution >= 0.6 is 11.8 Å². The monoisotopic (exact) mass is 401 g/mol. The van der Waals surface area contributed by atoms with Crippen molar-refractivity contribution in [2.24, 2.45) is 7.05 Å². The van der Waals surface area contributed by atoms with E-state index in [-0.39, 0.29) is 11.1 Å². The van der Waals surface area contributed by atoms with Gasteiger partial charge >= 0.3 is 0 Å². The summed E-state index contributed by atoms with van der Waals surface area (Å²) < 4.78 is 3.36. The molecule has 0 radical (unpaired) electrons. The van der Waals surface area contributed by atoms with Gasteiger partial charge in [-0.3, -0.25) is 19.4 Å². The van der Waals surface area contributed by atoms with E-state index >= 15 is 0 Å². The minimum absolute atomic E-state index is 0.0184. The molecule has 2 aliphatic heterocycles. The van der Waals surface area contributed by atoms with Gasteiger partial charge in [0.25, 0.3) is 5.56 Å². The van der Waals surface area contributed by atoms with E-state index in [2.05, 4.69) is 14.9 Å². The van der Waals surface area contributed by atoms with Crippen molar-refractivity contribution in [3.05, 3.63) is 61.9 Å². The van der Waals surface area contributed by atoms with Crippen LogP contribution in [-0.4, -0.2) is 62.6 Å². The van der Waals surface area contributed by atoms with E-state index in [4.69, 9.17) is 0 Å². The Morgan fingerprint density at radius 3 is 2.64 bits per heavy atom. The lowest BCUT2D eigenvalue weighted by Crippen LogP contribution is -2.47. The topological polar surface area (TPSA) is 63.4 Å². The molecule has 2 aliphatic rings. The molecular weight excluding hydrogens is 374 g/mol. The maximum atomic E-state index is 12.3. The van der Waals surface area contributed by atoms with Crippen molar-refractivity contribution >= 4 is 11.8 Å². The maximum absolute atomic E-state index is 12.3. The van der Waals surface area contributed by atoms with Crippen LogP contribution in [0.5, 0.6) is 0 Å². The van der Waals surface area contributed by atoms with E-state index in [0.717, 1.165) is 74.1 Å². The highest BCUT2D eigenvalue weighted by Gasteiger charge is 2.19. The van der Waals surface area contributed by atoms with Gasteiger partial charge in [0.15, 0.2) is 0 Å². The largest absolute Gasteiger partial charge is 0.314 e. The van der Waals surface area contributed by atoms with Crippen LogP contribution in [0, 0.1) is 0 Å². The summed E-state index contributed by atoms with van der Waals surface area (Å²) in [4.78, 5) is 28.9. The average Bonchev–Trinajstić information content (AvgIpc) is 2.71. The third-order valence-corrected chi connectivity index (χ3v) is 6.68. The van der Waals surface area contributed by atoms with Crippen LogP contribution in [0.4, 0.5) is 0 Å². The zero-order valence-electron chi connectivity index (χ0n) is 16.3. The number of aryl methyl sites for hydroxylation is 1. The zero-order valence-corrected chi connectivity index (χ0v) is 17.2. The first kappa shape index (κ1) is 19.4. The van der Waals surface area contributed by atoms with Gasteiger partial charge in [-0.25, -0.2) is 4.68 Å². The quantitative estimate of drug-likeness (QED) is 0.729. The molecule has 2 aromatic heterocycles. The molecule has 1 saturated heterocycles. The lowest BCUT2D eigenvalue weighted by Gasteiger charge is -2.34. The highest BCUT2D eigenvalue weighted by atomic mass is 32.2. The number of rotatable bonds is 5. The molecule has 150 valence electrons. The first-order valence-electron chi connectivity index (χ1n) is 9.87. The minimum atomic E-state index is 0.0184. The summed E-state index contributed by atoms with van der Waals surface area (Å²) in [6, 6.07) is 7.21. The Morgan fingerprint density at radius 1 is 1.04 bits per heavy atom. The fourth-order valence-electron chi connectivity index (χ4n) is 3.81. The summed E-state index contributed by atoms with van der Waals surface area (Å²) in [5.74, 6) is 2.00. The molecular formula is C20H27N5O2S. The fourth-order valence-corrected chi connectivity index (χ4v) is 4.77. The molecule has 0 N–H and O–H groups in total. The minimum Gasteiger partial charge on any atom is -0.314 e. The van der Waals surface area contributed by atoms with E-state index in [1.165, 1.54) is 0 Å². The summed E-state index contributed by atoms with van der Waals surface area (Å²) in [6.07, 6.45) is 0.959. The predicted molar refractivity (Wildman–Crippen MR) is 112 cm³/mol. The number of pyridine rings is 1. The van der Waals surface area contributed by atoms with Crippen molar-refractivity contribution in [1.29, 1.82) is 0 Å². The molecule has 1 fully saturated rings. The van der Waals surface area contributed by atoms with E-state index in [1.54, 1.807) is 21.4 Å². The number of fused-ring (bicyclic) bond motifs is 1. The van der Waals surface area contributed by atoms with Gasteiger partial charge in [-0.1, -0.05) is 6.07 Å². The molecule has 4 rings (SSSR count). The van der Waals surface area contributed by atoms with E-state index in [0.29, 0.717) is 6.54 Å². The second-order valence-corrected chi connectivity index (χ2v) is 8.62. The van der Waals surface area contributed by atoms with Crippen molar-refractivity contribution < 1.29 is 0 Å². The zero-order chi connectivity index (χ0) is 19.5. The molecule has 0 atom stereocenters. The first-order valence-corrected chi connectivity index (χ1v) is 11.0. The standard InChI is InChI=1S/C20H27N5O2S/c1-22-17(3-2-4-19(22)26)14-24-8-6-23(7-9-24)10-11-25-20(27)13-16-15-28-12-5-18(16)21-25/h2-4,13H,5-12,14-15H2,1H3. The van der Waals surface area contributed by atoms with Gasteiger partial charge in [0, 0.05) is 76.3 Å². The molecule has 7 nitrogen and oxygen atoms in total. The lowest BCUT2D eigenvalue weighted by molar-refractivity contribution is 0.120. The second-order valence-electron chi connectivity index (χ2n) is 7.51. The number of hydrogen-bond donors (Lipinski definition) is 0. The Morgan fingerprint density at radius 2 is 1.82 bits per heavy atom. The summed E-state index contributed by atoms with van der Waals surface area (Å²) in [6.45, 7) is 6.16. The van der Waals surface area contributed by atoms with Gasteiger partial charge in [0.05, 0.1) is 12.2 Å². The Balaban J connectivity index is 1.30. The lowest BCUT2D eigenvalue weighted by atomic mass is 10.2. The number of thioether (sulfide) groups is 1. The van der Waals surface area contributed by atoms with E-state index in [1.807, 2.05) is 30.9 Å². The molecule has 0 amide bonds. The van der Waals surface area contributed by atoms with Crippen molar-refractivity contribution in [3.63, 3.8) is 0 Å². The number of piperazine rings is 1. The molecule has 0 aliphatic carbocycles. The van der Waals surface area contributed by atoms with Crippen LogP contribution in [0.15, 0.2) is 33.9 Å². The Kier molecular flexibility index (Phi) is 5.99. The predicted octanol–water partition coefficient (Wildman–Crippen LogP) is 0.549. The van der Waals surface area contributed by atoms with Crippen LogP contribution in [0.1, 0.15) is 17.0 Å².